The number of anilines is 2. The average Bonchev–Trinajstić information content (AvgIpc) is 3.30. The second-order valence-electron chi connectivity index (χ2n) is 8.17. The molecule has 5 heterocycles. The van der Waals surface area contributed by atoms with Gasteiger partial charge < -0.3 is 15.3 Å². The number of aromatic nitrogens is 3. The summed E-state index contributed by atoms with van der Waals surface area (Å²) in [6.07, 6.45) is 14.5. The lowest BCUT2D eigenvalue weighted by Crippen LogP contribution is -2.31. The summed E-state index contributed by atoms with van der Waals surface area (Å²) < 4.78 is 1.96. The van der Waals surface area contributed by atoms with Gasteiger partial charge in [-0.25, -0.2) is 4.98 Å². The summed E-state index contributed by atoms with van der Waals surface area (Å²) in [6.45, 7) is 2.66. The van der Waals surface area contributed by atoms with Gasteiger partial charge in [-0.15, -0.1) is 0 Å². The highest BCUT2D eigenvalue weighted by atomic mass is 16.3. The summed E-state index contributed by atoms with van der Waals surface area (Å²) in [6, 6.07) is 2.50. The third-order valence-electron chi connectivity index (χ3n) is 6.11. The van der Waals surface area contributed by atoms with Crippen LogP contribution in [0.2, 0.25) is 12.6 Å². The molecule has 2 fully saturated rings. The largest absolute Gasteiger partial charge is 0.396 e. The Labute approximate surface area is 165 Å². The van der Waals surface area contributed by atoms with Gasteiger partial charge >= 0.3 is 0 Å². The number of rotatable bonds is 7. The predicted octanol–water partition coefficient (Wildman–Crippen LogP) is 1.81. The van der Waals surface area contributed by atoms with Gasteiger partial charge in [0.2, 0.25) is 0 Å². The van der Waals surface area contributed by atoms with Gasteiger partial charge in [-0.1, -0.05) is 18.7 Å². The van der Waals surface area contributed by atoms with Crippen molar-refractivity contribution in [1.82, 2.24) is 14.6 Å². The molecule has 2 saturated heterocycles. The SMILES string of the molecule is OCC[C@@H]1CCCN1c1cc(NCC2C=NC=CC2)n2ncc(B3CC3)c2n1. The first-order chi connectivity index (χ1) is 13.8. The van der Waals surface area contributed by atoms with Crippen LogP contribution in [-0.4, -0.2) is 58.4 Å². The molecule has 146 valence electrons. The van der Waals surface area contributed by atoms with Crippen molar-refractivity contribution in [3.63, 3.8) is 0 Å². The first-order valence-electron chi connectivity index (χ1n) is 10.5. The molecular formula is C20H27BN6O. The van der Waals surface area contributed by atoms with Crippen LogP contribution in [0.15, 0.2) is 29.5 Å². The van der Waals surface area contributed by atoms with Gasteiger partial charge in [-0.3, -0.25) is 4.99 Å². The number of allylic oxidation sites excluding steroid dienone is 1. The van der Waals surface area contributed by atoms with Crippen LogP contribution < -0.4 is 15.7 Å². The maximum Gasteiger partial charge on any atom is 0.181 e. The normalized spacial score (nSPS) is 23.8. The lowest BCUT2D eigenvalue weighted by Gasteiger charge is -2.26. The molecule has 2 N–H and O–H groups in total. The summed E-state index contributed by atoms with van der Waals surface area (Å²) in [5.74, 6) is 2.39. The number of aliphatic hydroxyl groups excluding tert-OH is 1. The summed E-state index contributed by atoms with van der Waals surface area (Å²) in [5.41, 5.74) is 2.25. The fourth-order valence-corrected chi connectivity index (χ4v) is 4.41. The number of nitrogens with zero attached hydrogens (tertiary/aromatic N) is 5. The fraction of sp³-hybridized carbons (Fsp3) is 0.550. The van der Waals surface area contributed by atoms with E-state index in [4.69, 9.17) is 4.98 Å². The maximum absolute atomic E-state index is 9.45. The van der Waals surface area contributed by atoms with Crippen molar-refractivity contribution in [2.24, 2.45) is 10.9 Å². The number of nitrogens with one attached hydrogen (secondary N) is 1. The summed E-state index contributed by atoms with van der Waals surface area (Å²) in [7, 11) is 0. The highest BCUT2D eigenvalue weighted by Crippen LogP contribution is 2.29. The van der Waals surface area contributed by atoms with E-state index < -0.39 is 0 Å². The fourth-order valence-electron chi connectivity index (χ4n) is 4.41. The molecule has 2 aromatic heterocycles. The van der Waals surface area contributed by atoms with Crippen molar-refractivity contribution in [1.29, 1.82) is 0 Å². The van der Waals surface area contributed by atoms with Gasteiger partial charge in [0.15, 0.2) is 12.4 Å². The van der Waals surface area contributed by atoms with Crippen LogP contribution in [0.25, 0.3) is 5.65 Å². The second-order valence-corrected chi connectivity index (χ2v) is 8.17. The molecule has 1 unspecified atom stereocenters. The van der Waals surface area contributed by atoms with Crippen molar-refractivity contribution < 1.29 is 5.11 Å². The van der Waals surface area contributed by atoms with Crippen molar-refractivity contribution in [3.05, 3.63) is 24.5 Å². The minimum atomic E-state index is 0.225. The number of aliphatic imine (C=N–C) groups is 1. The van der Waals surface area contributed by atoms with Crippen molar-refractivity contribution in [2.45, 2.75) is 44.4 Å². The number of hydrogen-bond donors (Lipinski definition) is 2. The summed E-state index contributed by atoms with van der Waals surface area (Å²) in [5, 5.41) is 17.7. The van der Waals surface area contributed by atoms with Gasteiger partial charge in [0.05, 0.1) is 0 Å². The van der Waals surface area contributed by atoms with Crippen LogP contribution in [0.5, 0.6) is 0 Å². The number of hydrogen-bond acceptors (Lipinski definition) is 6. The third-order valence-corrected chi connectivity index (χ3v) is 6.11. The van der Waals surface area contributed by atoms with E-state index in [2.05, 4.69) is 32.5 Å². The highest BCUT2D eigenvalue weighted by Gasteiger charge is 2.33. The van der Waals surface area contributed by atoms with E-state index in [0.717, 1.165) is 56.1 Å². The lowest BCUT2D eigenvalue weighted by molar-refractivity contribution is 0.275. The smallest absolute Gasteiger partial charge is 0.181 e. The molecule has 2 aromatic rings. The maximum atomic E-state index is 9.45. The lowest BCUT2D eigenvalue weighted by atomic mass is 9.65. The van der Waals surface area contributed by atoms with E-state index in [1.165, 1.54) is 18.1 Å². The minimum absolute atomic E-state index is 0.225. The van der Waals surface area contributed by atoms with Gasteiger partial charge in [-0.05, 0) is 31.1 Å². The Bertz CT molecular complexity index is 905. The first-order valence-corrected chi connectivity index (χ1v) is 10.5. The Morgan fingerprint density at radius 1 is 1.32 bits per heavy atom. The molecule has 0 radical (unpaired) electrons. The van der Waals surface area contributed by atoms with Crippen molar-refractivity contribution in [2.75, 3.05) is 29.9 Å². The van der Waals surface area contributed by atoms with Crippen molar-refractivity contribution >= 4 is 35.7 Å². The zero-order valence-electron chi connectivity index (χ0n) is 16.2. The average molecular weight is 378 g/mol. The molecule has 2 atom stereocenters. The first kappa shape index (κ1) is 17.7. The zero-order valence-corrected chi connectivity index (χ0v) is 16.2. The van der Waals surface area contributed by atoms with Gasteiger partial charge in [-0.2, -0.15) is 9.61 Å². The molecule has 0 spiro atoms. The van der Waals surface area contributed by atoms with Gasteiger partial charge in [0.25, 0.3) is 0 Å². The van der Waals surface area contributed by atoms with Crippen LogP contribution in [0.3, 0.4) is 0 Å². The summed E-state index contributed by atoms with van der Waals surface area (Å²) in [4.78, 5) is 11.7. The molecule has 0 saturated carbocycles. The van der Waals surface area contributed by atoms with Crippen LogP contribution in [-0.2, 0) is 0 Å². The van der Waals surface area contributed by atoms with E-state index in [1.807, 2.05) is 23.1 Å². The predicted molar refractivity (Wildman–Crippen MR) is 114 cm³/mol. The Balaban J connectivity index is 1.48. The molecule has 3 aliphatic heterocycles. The summed E-state index contributed by atoms with van der Waals surface area (Å²) >= 11 is 0. The van der Waals surface area contributed by atoms with Crippen molar-refractivity contribution in [3.8, 4) is 0 Å². The molecule has 28 heavy (non-hydrogen) atoms. The van der Waals surface area contributed by atoms with E-state index in [9.17, 15) is 5.11 Å². The standard InChI is InChI=1S/C20H27BN6O/c28-10-5-16-4-2-9-26(16)19-11-18(23-13-15-3-1-8-22-12-15)27-20(25-19)17(14-24-27)21-6-7-21/h1,8,11-12,14-16,23,28H,2-7,9-10,13H2/t15?,16-/m0/s1. The van der Waals surface area contributed by atoms with Gasteiger partial charge in [0.1, 0.15) is 11.6 Å². The topological polar surface area (TPSA) is 78.0 Å². The second kappa shape index (κ2) is 7.58. The zero-order chi connectivity index (χ0) is 18.9. The molecule has 5 rings (SSSR count). The Morgan fingerprint density at radius 2 is 2.25 bits per heavy atom. The van der Waals surface area contributed by atoms with E-state index >= 15 is 0 Å². The molecule has 0 aromatic carbocycles. The Morgan fingerprint density at radius 3 is 3.04 bits per heavy atom. The molecule has 7 nitrogen and oxygen atoms in total. The molecular weight excluding hydrogens is 351 g/mol. The monoisotopic (exact) mass is 378 g/mol. The van der Waals surface area contributed by atoms with Crippen LogP contribution in [0.4, 0.5) is 11.6 Å². The quantitative estimate of drug-likeness (QED) is 0.719. The molecule has 8 heteroatoms. The van der Waals surface area contributed by atoms with Gasteiger partial charge in [0, 0.05) is 56.3 Å². The van der Waals surface area contributed by atoms with Crippen LogP contribution in [0, 0.1) is 5.92 Å². The molecule has 0 bridgehead atoms. The number of aliphatic hydroxyl groups is 1. The highest BCUT2D eigenvalue weighted by molar-refractivity contribution is 6.83. The molecule has 0 aliphatic carbocycles. The van der Waals surface area contributed by atoms with E-state index in [1.54, 1.807) is 0 Å². The molecule has 0 amide bonds. The Hall–Kier alpha value is -2.35. The third kappa shape index (κ3) is 3.41. The van der Waals surface area contributed by atoms with E-state index in [0.29, 0.717) is 18.7 Å². The minimum Gasteiger partial charge on any atom is -0.396 e. The number of fused-ring (bicyclic) bond motifs is 1. The van der Waals surface area contributed by atoms with Crippen LogP contribution >= 0.6 is 0 Å². The van der Waals surface area contributed by atoms with E-state index in [-0.39, 0.29) is 6.61 Å². The van der Waals surface area contributed by atoms with Crippen LogP contribution in [0.1, 0.15) is 25.7 Å². The molecule has 3 aliphatic rings. The Kier molecular flexibility index (Phi) is 4.80.